The Morgan fingerprint density at radius 3 is 2.58 bits per heavy atom. The molecule has 6 heteroatoms. The third kappa shape index (κ3) is 7.17. The lowest BCUT2D eigenvalue weighted by Gasteiger charge is -2.08. The Hall–Kier alpha value is -2.50. The van der Waals surface area contributed by atoms with Gasteiger partial charge in [-0.1, -0.05) is 13.8 Å². The zero-order chi connectivity index (χ0) is 17.9. The first kappa shape index (κ1) is 19.5. The van der Waals surface area contributed by atoms with Crippen LogP contribution < -0.4 is 14.8 Å². The number of amides is 1. The lowest BCUT2D eigenvalue weighted by molar-refractivity contribution is -0.143. The molecule has 0 radical (unpaired) electrons. The Balaban J connectivity index is 2.47. The number of benzene rings is 1. The summed E-state index contributed by atoms with van der Waals surface area (Å²) in [6.45, 7) is 4.43. The fourth-order valence-corrected chi connectivity index (χ4v) is 1.85. The standard InChI is InChI=1S/C18H25NO5/c1-13(2)9-10-19-17(20)12-24-18(21)8-6-14-5-7-15(22-3)11-16(14)23-4/h5-8,11,13H,9-10,12H2,1-4H3,(H,19,20)/b8-6+. The van der Waals surface area contributed by atoms with Gasteiger partial charge in [-0.25, -0.2) is 4.79 Å². The molecule has 0 saturated heterocycles. The zero-order valence-electron chi connectivity index (χ0n) is 14.6. The minimum atomic E-state index is -0.591. The van der Waals surface area contributed by atoms with Crippen LogP contribution in [-0.4, -0.2) is 39.2 Å². The van der Waals surface area contributed by atoms with Gasteiger partial charge < -0.3 is 19.5 Å². The highest BCUT2D eigenvalue weighted by Crippen LogP contribution is 2.25. The summed E-state index contributed by atoms with van der Waals surface area (Å²) in [6, 6.07) is 5.24. The van der Waals surface area contributed by atoms with Crippen molar-refractivity contribution >= 4 is 18.0 Å². The predicted molar refractivity (Wildman–Crippen MR) is 92.0 cm³/mol. The SMILES string of the molecule is COc1ccc(/C=C/C(=O)OCC(=O)NCCC(C)C)c(OC)c1. The zero-order valence-corrected chi connectivity index (χ0v) is 14.6. The van der Waals surface area contributed by atoms with Crippen molar-refractivity contribution in [3.05, 3.63) is 29.8 Å². The van der Waals surface area contributed by atoms with Crippen molar-refractivity contribution < 1.29 is 23.8 Å². The van der Waals surface area contributed by atoms with Gasteiger partial charge in [0.05, 0.1) is 14.2 Å². The van der Waals surface area contributed by atoms with Crippen molar-refractivity contribution in [2.75, 3.05) is 27.4 Å². The average molecular weight is 335 g/mol. The normalized spacial score (nSPS) is 10.7. The second kappa shape index (κ2) is 10.3. The predicted octanol–water partition coefficient (Wildman–Crippen LogP) is 2.42. The van der Waals surface area contributed by atoms with Gasteiger partial charge in [0.15, 0.2) is 6.61 Å². The van der Waals surface area contributed by atoms with Crippen molar-refractivity contribution in [1.82, 2.24) is 5.32 Å². The monoisotopic (exact) mass is 335 g/mol. The van der Waals surface area contributed by atoms with Gasteiger partial charge >= 0.3 is 5.97 Å². The lowest BCUT2D eigenvalue weighted by atomic mass is 10.1. The summed E-state index contributed by atoms with van der Waals surface area (Å²) in [4.78, 5) is 23.2. The van der Waals surface area contributed by atoms with Gasteiger partial charge in [-0.3, -0.25) is 4.79 Å². The quantitative estimate of drug-likeness (QED) is 0.554. The van der Waals surface area contributed by atoms with Gasteiger partial charge in [0.1, 0.15) is 11.5 Å². The second-order valence-corrected chi connectivity index (χ2v) is 5.58. The summed E-state index contributed by atoms with van der Waals surface area (Å²) >= 11 is 0. The second-order valence-electron chi connectivity index (χ2n) is 5.58. The lowest BCUT2D eigenvalue weighted by Crippen LogP contribution is -2.29. The first-order valence-electron chi connectivity index (χ1n) is 7.79. The maximum Gasteiger partial charge on any atom is 0.331 e. The number of nitrogens with one attached hydrogen (secondary N) is 1. The minimum Gasteiger partial charge on any atom is -0.497 e. The number of hydrogen-bond donors (Lipinski definition) is 1. The van der Waals surface area contributed by atoms with Crippen LogP contribution >= 0.6 is 0 Å². The van der Waals surface area contributed by atoms with Crippen molar-refractivity contribution in [3.8, 4) is 11.5 Å². The largest absolute Gasteiger partial charge is 0.497 e. The molecule has 0 heterocycles. The molecule has 0 aliphatic rings. The molecule has 0 saturated carbocycles. The number of methoxy groups -OCH3 is 2. The van der Waals surface area contributed by atoms with E-state index in [0.29, 0.717) is 29.5 Å². The molecule has 1 rings (SSSR count). The number of rotatable bonds is 9. The molecule has 0 aromatic heterocycles. The maximum absolute atomic E-state index is 11.7. The van der Waals surface area contributed by atoms with E-state index in [1.807, 2.05) is 0 Å². The highest BCUT2D eigenvalue weighted by molar-refractivity contribution is 5.89. The fourth-order valence-electron chi connectivity index (χ4n) is 1.85. The molecule has 1 aromatic rings. The molecule has 1 amide bonds. The van der Waals surface area contributed by atoms with Crippen LogP contribution in [0.25, 0.3) is 6.08 Å². The van der Waals surface area contributed by atoms with Gasteiger partial charge in [0.25, 0.3) is 5.91 Å². The van der Waals surface area contributed by atoms with Crippen LogP contribution in [0.15, 0.2) is 24.3 Å². The number of carbonyl (C=O) groups excluding carboxylic acids is 2. The van der Waals surface area contributed by atoms with E-state index < -0.39 is 5.97 Å². The third-order valence-corrected chi connectivity index (χ3v) is 3.23. The molecule has 0 spiro atoms. The molecule has 0 aliphatic heterocycles. The van der Waals surface area contributed by atoms with Crippen LogP contribution in [0, 0.1) is 5.92 Å². The van der Waals surface area contributed by atoms with Crippen LogP contribution in [0.3, 0.4) is 0 Å². The molecule has 132 valence electrons. The summed E-state index contributed by atoms with van der Waals surface area (Å²) in [6.07, 6.45) is 3.71. The minimum absolute atomic E-state index is 0.291. The van der Waals surface area contributed by atoms with E-state index in [1.165, 1.54) is 13.2 Å². The van der Waals surface area contributed by atoms with Gasteiger partial charge in [0.2, 0.25) is 0 Å². The van der Waals surface area contributed by atoms with E-state index in [4.69, 9.17) is 14.2 Å². The van der Waals surface area contributed by atoms with E-state index in [-0.39, 0.29) is 12.5 Å². The number of hydrogen-bond acceptors (Lipinski definition) is 5. The smallest absolute Gasteiger partial charge is 0.331 e. The van der Waals surface area contributed by atoms with Crippen LogP contribution in [0.2, 0.25) is 0 Å². The molecule has 0 unspecified atom stereocenters. The molecule has 6 nitrogen and oxygen atoms in total. The molecular formula is C18H25NO5. The molecule has 24 heavy (non-hydrogen) atoms. The molecule has 1 aromatic carbocycles. The van der Waals surface area contributed by atoms with E-state index in [1.54, 1.807) is 31.4 Å². The summed E-state index contributed by atoms with van der Waals surface area (Å²) in [5, 5.41) is 2.70. The highest BCUT2D eigenvalue weighted by atomic mass is 16.5. The van der Waals surface area contributed by atoms with Crippen molar-refractivity contribution in [2.24, 2.45) is 5.92 Å². The topological polar surface area (TPSA) is 73.9 Å². The molecule has 0 fully saturated rings. The molecule has 0 atom stereocenters. The fraction of sp³-hybridized carbons (Fsp3) is 0.444. The Kier molecular flexibility index (Phi) is 8.39. The summed E-state index contributed by atoms with van der Waals surface area (Å²) in [7, 11) is 3.10. The summed E-state index contributed by atoms with van der Waals surface area (Å²) in [5.41, 5.74) is 0.705. The molecule has 0 bridgehead atoms. The molecular weight excluding hydrogens is 310 g/mol. The van der Waals surface area contributed by atoms with Crippen molar-refractivity contribution in [1.29, 1.82) is 0 Å². The van der Waals surface area contributed by atoms with E-state index >= 15 is 0 Å². The van der Waals surface area contributed by atoms with E-state index in [9.17, 15) is 9.59 Å². The van der Waals surface area contributed by atoms with Crippen molar-refractivity contribution in [3.63, 3.8) is 0 Å². The van der Waals surface area contributed by atoms with Crippen LogP contribution in [-0.2, 0) is 14.3 Å². The van der Waals surface area contributed by atoms with Gasteiger partial charge in [0, 0.05) is 24.3 Å². The first-order valence-corrected chi connectivity index (χ1v) is 7.79. The Morgan fingerprint density at radius 1 is 1.21 bits per heavy atom. The van der Waals surface area contributed by atoms with Crippen LogP contribution in [0.4, 0.5) is 0 Å². The highest BCUT2D eigenvalue weighted by Gasteiger charge is 2.06. The van der Waals surface area contributed by atoms with Gasteiger partial charge in [-0.2, -0.15) is 0 Å². The van der Waals surface area contributed by atoms with E-state index in [0.717, 1.165) is 6.42 Å². The maximum atomic E-state index is 11.7. The number of carbonyl (C=O) groups is 2. The first-order chi connectivity index (χ1) is 11.5. The third-order valence-electron chi connectivity index (χ3n) is 3.23. The van der Waals surface area contributed by atoms with E-state index in [2.05, 4.69) is 19.2 Å². The molecule has 0 aliphatic carbocycles. The Labute approximate surface area is 142 Å². The number of esters is 1. The Morgan fingerprint density at radius 2 is 1.96 bits per heavy atom. The number of ether oxygens (including phenoxy) is 3. The summed E-state index contributed by atoms with van der Waals surface area (Å²) in [5.74, 6) is 0.844. The van der Waals surface area contributed by atoms with Crippen molar-refractivity contribution in [2.45, 2.75) is 20.3 Å². The van der Waals surface area contributed by atoms with Gasteiger partial charge in [-0.05, 0) is 30.5 Å². The van der Waals surface area contributed by atoms with Gasteiger partial charge in [-0.15, -0.1) is 0 Å². The average Bonchev–Trinajstić information content (AvgIpc) is 2.57. The van der Waals surface area contributed by atoms with Crippen LogP contribution in [0.5, 0.6) is 11.5 Å². The summed E-state index contributed by atoms with van der Waals surface area (Å²) < 4.78 is 15.2. The Bertz CT molecular complexity index is 581. The molecule has 1 N–H and O–H groups in total. The van der Waals surface area contributed by atoms with Crippen LogP contribution in [0.1, 0.15) is 25.8 Å².